The van der Waals surface area contributed by atoms with E-state index < -0.39 is 0 Å². The van der Waals surface area contributed by atoms with Crippen molar-refractivity contribution >= 4 is 17.6 Å². The molecule has 0 aliphatic rings. The normalized spacial score (nSPS) is 12.3. The minimum Gasteiger partial charge on any atom is -0.396 e. The Balaban J connectivity index is 2.20. The van der Waals surface area contributed by atoms with Crippen molar-refractivity contribution < 1.29 is 5.11 Å². The molecule has 0 radical (unpaired) electrons. The second-order valence-electron chi connectivity index (χ2n) is 4.42. The van der Waals surface area contributed by atoms with Crippen molar-refractivity contribution in [1.82, 2.24) is 9.97 Å². The first-order chi connectivity index (χ1) is 9.19. The molecule has 100 valence electrons. The molecule has 0 aliphatic heterocycles. The fourth-order valence-corrected chi connectivity index (χ4v) is 2.43. The summed E-state index contributed by atoms with van der Waals surface area (Å²) in [5, 5.41) is 9.87. The summed E-state index contributed by atoms with van der Waals surface area (Å²) in [6.45, 7) is 2.18. The van der Waals surface area contributed by atoms with Gasteiger partial charge in [0.15, 0.2) is 5.82 Å². The van der Waals surface area contributed by atoms with Crippen molar-refractivity contribution in [2.24, 2.45) is 5.92 Å². The van der Waals surface area contributed by atoms with Gasteiger partial charge in [0.25, 0.3) is 0 Å². The number of hydrogen-bond donors (Lipinski definition) is 2. The van der Waals surface area contributed by atoms with E-state index in [1.165, 1.54) is 0 Å². The molecular weight excluding hydrogens is 258 g/mol. The van der Waals surface area contributed by atoms with E-state index in [-0.39, 0.29) is 12.5 Å². The van der Waals surface area contributed by atoms with Crippen LogP contribution in [0.15, 0.2) is 41.4 Å². The number of aliphatic hydroxyl groups is 1. The Morgan fingerprint density at radius 3 is 2.68 bits per heavy atom. The Hall–Kier alpha value is -1.59. The third-order valence-corrected chi connectivity index (χ3v) is 3.82. The number of nitrogen functional groups attached to an aromatic ring is 1. The van der Waals surface area contributed by atoms with Crippen LogP contribution in [0.5, 0.6) is 0 Å². The molecule has 0 saturated carbocycles. The zero-order valence-electron chi connectivity index (χ0n) is 10.8. The van der Waals surface area contributed by atoms with Crippen LogP contribution in [0, 0.1) is 5.92 Å². The van der Waals surface area contributed by atoms with Crippen LogP contribution in [0.1, 0.15) is 6.92 Å². The van der Waals surface area contributed by atoms with E-state index in [9.17, 15) is 0 Å². The molecular formula is C14H17N3OS. The molecule has 0 fully saturated rings. The third kappa shape index (κ3) is 3.94. The Kier molecular flexibility index (Phi) is 4.76. The first-order valence-electron chi connectivity index (χ1n) is 6.12. The highest BCUT2D eigenvalue weighted by Crippen LogP contribution is 2.23. The van der Waals surface area contributed by atoms with E-state index in [1.54, 1.807) is 17.8 Å². The molecule has 1 heterocycles. The molecule has 0 spiro atoms. The van der Waals surface area contributed by atoms with E-state index in [0.717, 1.165) is 16.3 Å². The molecule has 0 amide bonds. The number of nitrogens with zero attached hydrogens (tertiary/aromatic N) is 2. The predicted octanol–water partition coefficient (Wildman–Crippen LogP) is 2.45. The second-order valence-corrected chi connectivity index (χ2v) is 5.46. The summed E-state index contributed by atoms with van der Waals surface area (Å²) in [6, 6.07) is 11.5. The maximum Gasteiger partial charge on any atom is 0.162 e. The van der Waals surface area contributed by atoms with Gasteiger partial charge in [0.05, 0.1) is 0 Å². The lowest BCUT2D eigenvalue weighted by Gasteiger charge is -2.08. The predicted molar refractivity (Wildman–Crippen MR) is 78.9 cm³/mol. The molecule has 2 rings (SSSR count). The standard InChI is InChI=1S/C14H17N3OS/c1-10(8-18)9-19-13-7-12(15)16-14(17-13)11-5-3-2-4-6-11/h2-7,10,18H,8-9H2,1H3,(H2,15,16,17). The topological polar surface area (TPSA) is 72.0 Å². The van der Waals surface area contributed by atoms with Gasteiger partial charge in [-0.3, -0.25) is 0 Å². The maximum absolute atomic E-state index is 9.03. The van der Waals surface area contributed by atoms with Gasteiger partial charge in [-0.2, -0.15) is 0 Å². The average molecular weight is 275 g/mol. The Labute approximate surface area is 117 Å². The smallest absolute Gasteiger partial charge is 0.162 e. The molecule has 1 aromatic heterocycles. The maximum atomic E-state index is 9.03. The molecule has 0 bridgehead atoms. The third-order valence-electron chi connectivity index (χ3n) is 2.58. The van der Waals surface area contributed by atoms with Gasteiger partial charge in [-0.15, -0.1) is 11.8 Å². The van der Waals surface area contributed by atoms with Crippen molar-refractivity contribution in [3.8, 4) is 11.4 Å². The van der Waals surface area contributed by atoms with Gasteiger partial charge in [-0.05, 0) is 5.92 Å². The van der Waals surface area contributed by atoms with Crippen LogP contribution in [0.2, 0.25) is 0 Å². The van der Waals surface area contributed by atoms with E-state index in [2.05, 4.69) is 9.97 Å². The lowest BCUT2D eigenvalue weighted by Crippen LogP contribution is -2.04. The monoisotopic (exact) mass is 275 g/mol. The summed E-state index contributed by atoms with van der Waals surface area (Å²) in [6.07, 6.45) is 0. The lowest BCUT2D eigenvalue weighted by atomic mass is 10.2. The first-order valence-corrected chi connectivity index (χ1v) is 7.11. The van der Waals surface area contributed by atoms with E-state index in [4.69, 9.17) is 10.8 Å². The number of aromatic nitrogens is 2. The Morgan fingerprint density at radius 2 is 2.00 bits per heavy atom. The number of anilines is 1. The summed E-state index contributed by atoms with van der Waals surface area (Å²) >= 11 is 1.58. The number of aliphatic hydroxyl groups excluding tert-OH is 1. The zero-order valence-corrected chi connectivity index (χ0v) is 11.6. The van der Waals surface area contributed by atoms with E-state index >= 15 is 0 Å². The van der Waals surface area contributed by atoms with Crippen molar-refractivity contribution in [3.63, 3.8) is 0 Å². The summed E-state index contributed by atoms with van der Waals surface area (Å²) in [5.74, 6) is 2.15. The number of nitrogens with two attached hydrogens (primary N) is 1. The van der Waals surface area contributed by atoms with Gasteiger partial charge in [-0.25, -0.2) is 9.97 Å². The minimum atomic E-state index is 0.180. The molecule has 0 saturated heterocycles. The molecule has 4 nitrogen and oxygen atoms in total. The first kappa shape index (κ1) is 13.8. The Morgan fingerprint density at radius 1 is 1.26 bits per heavy atom. The van der Waals surface area contributed by atoms with Crippen LogP contribution in [0.3, 0.4) is 0 Å². The fraction of sp³-hybridized carbons (Fsp3) is 0.286. The van der Waals surface area contributed by atoms with Crippen LogP contribution >= 0.6 is 11.8 Å². The molecule has 0 aliphatic carbocycles. The minimum absolute atomic E-state index is 0.180. The largest absolute Gasteiger partial charge is 0.396 e. The number of thioether (sulfide) groups is 1. The van der Waals surface area contributed by atoms with Crippen LogP contribution in [0.4, 0.5) is 5.82 Å². The lowest BCUT2D eigenvalue weighted by molar-refractivity contribution is 0.250. The summed E-state index contributed by atoms with van der Waals surface area (Å²) in [4.78, 5) is 8.76. The van der Waals surface area contributed by atoms with Gasteiger partial charge in [-0.1, -0.05) is 37.3 Å². The highest BCUT2D eigenvalue weighted by molar-refractivity contribution is 7.99. The van der Waals surface area contributed by atoms with Gasteiger partial charge < -0.3 is 10.8 Å². The quantitative estimate of drug-likeness (QED) is 0.648. The zero-order chi connectivity index (χ0) is 13.7. The van der Waals surface area contributed by atoms with Gasteiger partial charge in [0.1, 0.15) is 10.8 Å². The molecule has 2 aromatic rings. The van der Waals surface area contributed by atoms with Crippen molar-refractivity contribution in [2.75, 3.05) is 18.1 Å². The molecule has 5 heteroatoms. The van der Waals surface area contributed by atoms with Gasteiger partial charge in [0, 0.05) is 24.0 Å². The van der Waals surface area contributed by atoms with Gasteiger partial charge >= 0.3 is 0 Å². The second kappa shape index (κ2) is 6.54. The molecule has 3 N–H and O–H groups in total. The summed E-state index contributed by atoms with van der Waals surface area (Å²) in [5.41, 5.74) is 6.77. The summed E-state index contributed by atoms with van der Waals surface area (Å²) in [7, 11) is 0. The van der Waals surface area contributed by atoms with Gasteiger partial charge in [0.2, 0.25) is 0 Å². The number of benzene rings is 1. The number of rotatable bonds is 5. The van der Waals surface area contributed by atoms with E-state index in [1.807, 2.05) is 37.3 Å². The van der Waals surface area contributed by atoms with Crippen LogP contribution in [0.25, 0.3) is 11.4 Å². The van der Waals surface area contributed by atoms with Crippen molar-refractivity contribution in [2.45, 2.75) is 11.9 Å². The molecule has 19 heavy (non-hydrogen) atoms. The molecule has 1 unspecified atom stereocenters. The van der Waals surface area contributed by atoms with Crippen LogP contribution < -0.4 is 5.73 Å². The highest BCUT2D eigenvalue weighted by atomic mass is 32.2. The summed E-state index contributed by atoms with van der Waals surface area (Å²) < 4.78 is 0. The van der Waals surface area contributed by atoms with Crippen LogP contribution in [-0.4, -0.2) is 27.4 Å². The van der Waals surface area contributed by atoms with Crippen molar-refractivity contribution in [3.05, 3.63) is 36.4 Å². The fourth-order valence-electron chi connectivity index (χ4n) is 1.51. The highest BCUT2D eigenvalue weighted by Gasteiger charge is 2.07. The molecule has 1 atom stereocenters. The van der Waals surface area contributed by atoms with Crippen molar-refractivity contribution in [1.29, 1.82) is 0 Å². The SMILES string of the molecule is CC(CO)CSc1cc(N)nc(-c2ccccc2)n1. The Bertz CT molecular complexity index is 533. The van der Waals surface area contributed by atoms with Crippen LogP contribution in [-0.2, 0) is 0 Å². The van der Waals surface area contributed by atoms with E-state index in [0.29, 0.717) is 11.6 Å². The number of hydrogen-bond acceptors (Lipinski definition) is 5. The molecule has 1 aromatic carbocycles. The average Bonchev–Trinajstić information content (AvgIpc) is 2.45.